The predicted molar refractivity (Wildman–Crippen MR) is 52.6 cm³/mol. The van der Waals surface area contributed by atoms with Gasteiger partial charge in [0.2, 0.25) is 0 Å². The molecule has 0 aromatic carbocycles. The van der Waals surface area contributed by atoms with E-state index >= 15 is 0 Å². The first-order valence-corrected chi connectivity index (χ1v) is 5.03. The number of pyridine rings is 1. The molecule has 0 aliphatic heterocycles. The van der Waals surface area contributed by atoms with Gasteiger partial charge < -0.3 is 10.2 Å². The van der Waals surface area contributed by atoms with Crippen molar-refractivity contribution in [3.63, 3.8) is 0 Å². The van der Waals surface area contributed by atoms with Gasteiger partial charge in [-0.25, -0.2) is 0 Å². The summed E-state index contributed by atoms with van der Waals surface area (Å²) in [4.78, 5) is 3.94. The maximum Gasteiger partial charge on any atom is 0.109 e. The van der Waals surface area contributed by atoms with Crippen molar-refractivity contribution in [2.75, 3.05) is 0 Å². The van der Waals surface area contributed by atoms with Gasteiger partial charge in [-0.1, -0.05) is 18.9 Å². The van der Waals surface area contributed by atoms with Gasteiger partial charge in [0.1, 0.15) is 6.10 Å². The van der Waals surface area contributed by atoms with Crippen LogP contribution in [-0.4, -0.2) is 20.8 Å². The third-order valence-corrected chi connectivity index (χ3v) is 2.98. The Hall–Kier alpha value is -0.930. The Bertz CT molecular complexity index is 293. The van der Waals surface area contributed by atoms with E-state index in [-0.39, 0.29) is 0 Å². The van der Waals surface area contributed by atoms with E-state index in [4.69, 9.17) is 0 Å². The molecule has 76 valence electrons. The zero-order valence-corrected chi connectivity index (χ0v) is 8.06. The third kappa shape index (κ3) is 1.65. The van der Waals surface area contributed by atoms with Gasteiger partial charge in [-0.05, 0) is 18.9 Å². The van der Waals surface area contributed by atoms with Gasteiger partial charge in [-0.3, -0.25) is 4.98 Å². The lowest BCUT2D eigenvalue weighted by Gasteiger charge is -2.28. The molecule has 3 nitrogen and oxygen atoms in total. The van der Waals surface area contributed by atoms with Crippen molar-refractivity contribution < 1.29 is 10.2 Å². The Morgan fingerprint density at radius 3 is 2.64 bits per heavy atom. The maximum absolute atomic E-state index is 10.1. The van der Waals surface area contributed by atoms with Crippen LogP contribution >= 0.6 is 0 Å². The molecular weight excluding hydrogens is 178 g/mol. The zero-order chi connectivity index (χ0) is 10.0. The SMILES string of the molecule is OC(c1cccnc1)C1(O)CCCC1. The predicted octanol–water partition coefficient (Wildman–Crippen LogP) is 1.42. The lowest BCUT2D eigenvalue weighted by molar-refractivity contribution is -0.0720. The summed E-state index contributed by atoms with van der Waals surface area (Å²) in [5.74, 6) is 0. The zero-order valence-electron chi connectivity index (χ0n) is 8.06. The van der Waals surface area contributed by atoms with Crippen LogP contribution in [0.5, 0.6) is 0 Å². The second kappa shape index (κ2) is 3.67. The molecule has 1 aromatic rings. The summed E-state index contributed by atoms with van der Waals surface area (Å²) in [6.07, 6.45) is 5.84. The van der Waals surface area contributed by atoms with Crippen molar-refractivity contribution in [3.8, 4) is 0 Å². The van der Waals surface area contributed by atoms with Crippen molar-refractivity contribution in [2.45, 2.75) is 37.4 Å². The summed E-state index contributed by atoms with van der Waals surface area (Å²) in [6, 6.07) is 3.57. The van der Waals surface area contributed by atoms with Crippen LogP contribution in [0, 0.1) is 0 Å². The molecule has 0 amide bonds. The fraction of sp³-hybridized carbons (Fsp3) is 0.545. The minimum absolute atomic E-state index is 0.684. The highest BCUT2D eigenvalue weighted by Gasteiger charge is 2.39. The van der Waals surface area contributed by atoms with E-state index in [2.05, 4.69) is 4.98 Å². The molecule has 1 aliphatic carbocycles. The van der Waals surface area contributed by atoms with Crippen molar-refractivity contribution >= 4 is 0 Å². The Balaban J connectivity index is 2.19. The van der Waals surface area contributed by atoms with Crippen molar-refractivity contribution in [2.24, 2.45) is 0 Å². The van der Waals surface area contributed by atoms with Crippen LogP contribution in [0.2, 0.25) is 0 Å². The largest absolute Gasteiger partial charge is 0.387 e. The number of nitrogens with zero attached hydrogens (tertiary/aromatic N) is 1. The fourth-order valence-electron chi connectivity index (χ4n) is 2.11. The topological polar surface area (TPSA) is 53.4 Å². The second-order valence-electron chi connectivity index (χ2n) is 4.00. The monoisotopic (exact) mass is 193 g/mol. The molecule has 1 atom stereocenters. The average Bonchev–Trinajstić information content (AvgIpc) is 2.67. The van der Waals surface area contributed by atoms with Crippen LogP contribution in [0.1, 0.15) is 37.4 Å². The molecule has 0 bridgehead atoms. The van der Waals surface area contributed by atoms with E-state index in [1.54, 1.807) is 24.5 Å². The molecule has 0 spiro atoms. The molecular formula is C11H15NO2. The maximum atomic E-state index is 10.1. The average molecular weight is 193 g/mol. The van der Waals surface area contributed by atoms with Gasteiger partial charge in [0, 0.05) is 18.0 Å². The highest BCUT2D eigenvalue weighted by Crippen LogP contribution is 2.39. The summed E-state index contributed by atoms with van der Waals surface area (Å²) in [5, 5.41) is 20.1. The molecule has 1 heterocycles. The van der Waals surface area contributed by atoms with Crippen LogP contribution in [-0.2, 0) is 0 Å². The first kappa shape index (κ1) is 9.62. The van der Waals surface area contributed by atoms with Crippen LogP contribution in [0.4, 0.5) is 0 Å². The number of rotatable bonds is 2. The van der Waals surface area contributed by atoms with Gasteiger partial charge in [-0.15, -0.1) is 0 Å². The number of aliphatic hydroxyl groups is 2. The smallest absolute Gasteiger partial charge is 0.109 e. The lowest BCUT2D eigenvalue weighted by Crippen LogP contribution is -2.32. The minimum Gasteiger partial charge on any atom is -0.387 e. The standard InChI is InChI=1S/C11H15NO2/c13-10(9-4-3-7-12-8-9)11(14)5-1-2-6-11/h3-4,7-8,10,13-14H,1-2,5-6H2. The lowest BCUT2D eigenvalue weighted by atomic mass is 9.90. The molecule has 1 aromatic heterocycles. The Labute approximate surface area is 83.4 Å². The van der Waals surface area contributed by atoms with E-state index in [0.717, 1.165) is 12.8 Å². The molecule has 0 radical (unpaired) electrons. The van der Waals surface area contributed by atoms with Crippen LogP contribution < -0.4 is 0 Å². The Morgan fingerprint density at radius 1 is 1.36 bits per heavy atom. The molecule has 1 unspecified atom stereocenters. The molecule has 0 saturated heterocycles. The van der Waals surface area contributed by atoms with E-state index in [9.17, 15) is 10.2 Å². The summed E-state index contributed by atoms with van der Waals surface area (Å²) < 4.78 is 0. The normalized spacial score (nSPS) is 22.1. The summed E-state index contributed by atoms with van der Waals surface area (Å²) in [6.45, 7) is 0. The number of aliphatic hydroxyl groups excluding tert-OH is 1. The molecule has 2 N–H and O–H groups in total. The third-order valence-electron chi connectivity index (χ3n) is 2.98. The van der Waals surface area contributed by atoms with Gasteiger partial charge in [-0.2, -0.15) is 0 Å². The first-order valence-electron chi connectivity index (χ1n) is 5.03. The second-order valence-corrected chi connectivity index (χ2v) is 4.00. The highest BCUT2D eigenvalue weighted by molar-refractivity contribution is 5.16. The van der Waals surface area contributed by atoms with Crippen molar-refractivity contribution in [1.29, 1.82) is 0 Å². The van der Waals surface area contributed by atoms with Gasteiger partial charge in [0.25, 0.3) is 0 Å². The minimum atomic E-state index is -0.928. The molecule has 1 aliphatic rings. The van der Waals surface area contributed by atoms with Gasteiger partial charge in [0.05, 0.1) is 5.60 Å². The summed E-state index contributed by atoms with van der Waals surface area (Å²) >= 11 is 0. The highest BCUT2D eigenvalue weighted by atomic mass is 16.3. The molecule has 3 heteroatoms. The Morgan fingerprint density at radius 2 is 2.07 bits per heavy atom. The molecule has 14 heavy (non-hydrogen) atoms. The summed E-state index contributed by atoms with van der Waals surface area (Å²) in [7, 11) is 0. The number of hydrogen-bond acceptors (Lipinski definition) is 3. The van der Waals surface area contributed by atoms with E-state index < -0.39 is 11.7 Å². The van der Waals surface area contributed by atoms with Crippen LogP contribution in [0.15, 0.2) is 24.5 Å². The fourth-order valence-corrected chi connectivity index (χ4v) is 2.11. The van der Waals surface area contributed by atoms with Crippen LogP contribution in [0.25, 0.3) is 0 Å². The molecule has 1 saturated carbocycles. The van der Waals surface area contributed by atoms with Gasteiger partial charge in [0.15, 0.2) is 0 Å². The van der Waals surface area contributed by atoms with E-state index in [0.29, 0.717) is 18.4 Å². The summed E-state index contributed by atoms with van der Waals surface area (Å²) in [5.41, 5.74) is -0.222. The molecule has 1 fully saturated rings. The van der Waals surface area contributed by atoms with Gasteiger partial charge >= 0.3 is 0 Å². The van der Waals surface area contributed by atoms with Crippen molar-refractivity contribution in [1.82, 2.24) is 4.98 Å². The van der Waals surface area contributed by atoms with E-state index in [1.165, 1.54) is 0 Å². The van der Waals surface area contributed by atoms with Crippen molar-refractivity contribution in [3.05, 3.63) is 30.1 Å². The van der Waals surface area contributed by atoms with Crippen LogP contribution in [0.3, 0.4) is 0 Å². The first-order chi connectivity index (χ1) is 6.72. The number of hydrogen-bond donors (Lipinski definition) is 2. The Kier molecular flexibility index (Phi) is 2.52. The number of aromatic nitrogens is 1. The van der Waals surface area contributed by atoms with E-state index in [1.807, 2.05) is 0 Å². The quantitative estimate of drug-likeness (QED) is 0.746. The molecule has 2 rings (SSSR count).